The van der Waals surface area contributed by atoms with Crippen molar-refractivity contribution in [1.82, 2.24) is 15.5 Å². The quantitative estimate of drug-likeness (QED) is 0.221. The lowest BCUT2D eigenvalue weighted by atomic mass is 10.0. The van der Waals surface area contributed by atoms with Gasteiger partial charge in [-0.15, -0.1) is 0 Å². The predicted molar refractivity (Wildman–Crippen MR) is 95.0 cm³/mol. The van der Waals surface area contributed by atoms with Crippen molar-refractivity contribution in [2.75, 3.05) is 20.6 Å². The zero-order valence-corrected chi connectivity index (χ0v) is 15.7. The van der Waals surface area contributed by atoms with E-state index in [9.17, 15) is 19.2 Å². The summed E-state index contributed by atoms with van der Waals surface area (Å²) in [6, 6.07) is -1.89. The molecule has 0 aliphatic heterocycles. The van der Waals surface area contributed by atoms with Crippen molar-refractivity contribution in [3.05, 3.63) is 5.53 Å². The molecule has 0 spiro atoms. The Morgan fingerprint density at radius 2 is 1.77 bits per heavy atom. The van der Waals surface area contributed by atoms with Crippen molar-refractivity contribution in [1.29, 1.82) is 0 Å². The van der Waals surface area contributed by atoms with Crippen molar-refractivity contribution in [2.45, 2.75) is 45.2 Å². The third kappa shape index (κ3) is 10.3. The van der Waals surface area contributed by atoms with Crippen LogP contribution in [0.1, 0.15) is 33.1 Å². The van der Waals surface area contributed by atoms with Gasteiger partial charge in [0.25, 0.3) is 0 Å². The average Bonchev–Trinajstić information content (AvgIpc) is 2.49. The van der Waals surface area contributed by atoms with Crippen LogP contribution in [0.5, 0.6) is 0 Å². The summed E-state index contributed by atoms with van der Waals surface area (Å²) in [4.78, 5) is 51.6. The Morgan fingerprint density at radius 3 is 2.23 bits per heavy atom. The van der Waals surface area contributed by atoms with Crippen LogP contribution in [0.2, 0.25) is 0 Å². The normalized spacial score (nSPS) is 12.8. The molecule has 0 heterocycles. The van der Waals surface area contributed by atoms with Crippen LogP contribution in [-0.2, 0) is 19.2 Å². The fraction of sp³-hybridized carbons (Fsp3) is 0.688. The largest absolute Gasteiger partial charge is 0.368 e. The first-order valence-corrected chi connectivity index (χ1v) is 8.30. The first-order chi connectivity index (χ1) is 12.1. The number of ketones is 1. The van der Waals surface area contributed by atoms with E-state index in [0.717, 1.165) is 0 Å². The second kappa shape index (κ2) is 11.9. The molecule has 3 amide bonds. The highest BCUT2D eigenvalue weighted by Crippen LogP contribution is 2.07. The molecule has 0 aliphatic carbocycles. The first-order valence-electron chi connectivity index (χ1n) is 8.30. The van der Waals surface area contributed by atoms with Gasteiger partial charge in [0, 0.05) is 6.42 Å². The number of carbonyl (C=O) groups excluding carboxylic acids is 4. The second-order valence-corrected chi connectivity index (χ2v) is 6.70. The summed E-state index contributed by atoms with van der Waals surface area (Å²) in [5, 5.41) is 5.12. The summed E-state index contributed by atoms with van der Waals surface area (Å²) < 4.78 is 0. The minimum Gasteiger partial charge on any atom is -0.368 e. The van der Waals surface area contributed by atoms with Gasteiger partial charge < -0.3 is 26.8 Å². The molecule has 146 valence electrons. The molecule has 0 aromatic heterocycles. The Labute approximate surface area is 153 Å². The van der Waals surface area contributed by atoms with E-state index in [1.165, 1.54) is 0 Å². The number of Topliss-reactive ketones (excluding diaryl/α,β-unsaturated/α-hetero) is 1. The predicted octanol–water partition coefficient (Wildman–Crippen LogP) is -1.30. The van der Waals surface area contributed by atoms with E-state index in [4.69, 9.17) is 11.3 Å². The van der Waals surface area contributed by atoms with Gasteiger partial charge in [-0.05, 0) is 32.9 Å². The van der Waals surface area contributed by atoms with Gasteiger partial charge in [0.15, 0.2) is 0 Å². The summed E-state index contributed by atoms with van der Waals surface area (Å²) >= 11 is 0. The molecule has 0 rings (SSSR count). The molecule has 26 heavy (non-hydrogen) atoms. The third-order valence-corrected chi connectivity index (χ3v) is 3.36. The van der Waals surface area contributed by atoms with Gasteiger partial charge in [-0.3, -0.25) is 19.2 Å². The molecule has 0 saturated heterocycles. The molecule has 0 aromatic carbocycles. The Bertz CT molecular complexity index is 569. The first kappa shape index (κ1) is 23.4. The van der Waals surface area contributed by atoms with E-state index in [-0.39, 0.29) is 31.2 Å². The second-order valence-electron chi connectivity index (χ2n) is 6.70. The zero-order valence-electron chi connectivity index (χ0n) is 15.7. The van der Waals surface area contributed by atoms with E-state index >= 15 is 0 Å². The maximum atomic E-state index is 12.5. The number of hydrogen-bond acceptors (Lipinski definition) is 5. The molecule has 0 aliphatic rings. The fourth-order valence-electron chi connectivity index (χ4n) is 2.20. The summed E-state index contributed by atoms with van der Waals surface area (Å²) in [5.41, 5.74) is 13.6. The zero-order chi connectivity index (χ0) is 20.3. The minimum atomic E-state index is -1.07. The smallest absolute Gasteiger partial charge is 0.323 e. The lowest BCUT2D eigenvalue weighted by Gasteiger charge is -2.23. The summed E-state index contributed by atoms with van der Waals surface area (Å²) in [7, 11) is 3.46. The van der Waals surface area contributed by atoms with Crippen molar-refractivity contribution < 1.29 is 24.0 Å². The highest BCUT2D eigenvalue weighted by atomic mass is 16.2. The van der Waals surface area contributed by atoms with E-state index in [0.29, 0.717) is 12.6 Å². The van der Waals surface area contributed by atoms with Crippen LogP contribution in [0.3, 0.4) is 0 Å². The maximum Gasteiger partial charge on any atom is 0.323 e. The Kier molecular flexibility index (Phi) is 10.7. The van der Waals surface area contributed by atoms with Crippen LogP contribution < -0.4 is 16.4 Å². The number of likely N-dealkylation sites (N-methyl/N-ethyl adjacent to an activating group) is 1. The Hall–Kier alpha value is -2.58. The molecule has 2 atom stereocenters. The molecule has 0 aromatic rings. The van der Waals surface area contributed by atoms with Crippen LogP contribution in [0, 0.1) is 5.92 Å². The lowest BCUT2D eigenvalue weighted by molar-refractivity contribution is -0.132. The SMILES string of the molecule is CC(C)C[C@H](NC(=O)CN(C)C)C(=O)N[C@@H](CCC(=O)C=[N+]=[N-])C(N)=O. The molecule has 0 unspecified atom stereocenters. The molecule has 0 radical (unpaired) electrons. The van der Waals surface area contributed by atoms with Crippen LogP contribution >= 0.6 is 0 Å². The standard InChI is InChI=1S/C16H28N6O4/c1-10(2)7-13(20-14(24)9-22(3)4)16(26)21-12(15(17)25)6-5-11(23)8-19-18/h8,10,12-13H,5-7,9H2,1-4H3,(H2,17,25)(H,20,24)(H,21,26)/t12-,13-/m0/s1. The topological polar surface area (TPSA) is 158 Å². The van der Waals surface area contributed by atoms with E-state index in [1.807, 2.05) is 13.8 Å². The summed E-state index contributed by atoms with van der Waals surface area (Å²) in [5.74, 6) is -2.04. The van der Waals surface area contributed by atoms with Gasteiger partial charge in [-0.25, -0.2) is 0 Å². The van der Waals surface area contributed by atoms with E-state index in [2.05, 4.69) is 15.4 Å². The summed E-state index contributed by atoms with van der Waals surface area (Å²) in [6.45, 7) is 3.92. The van der Waals surface area contributed by atoms with Crippen molar-refractivity contribution in [3.63, 3.8) is 0 Å². The molecule has 10 nitrogen and oxygen atoms in total. The van der Waals surface area contributed by atoms with Crippen molar-refractivity contribution in [2.24, 2.45) is 11.7 Å². The highest BCUT2D eigenvalue weighted by molar-refractivity contribution is 6.25. The number of amides is 3. The van der Waals surface area contributed by atoms with Gasteiger partial charge >= 0.3 is 6.21 Å². The molecular formula is C16H28N6O4. The Balaban J connectivity index is 4.98. The number of carbonyl (C=O) groups is 4. The van der Waals surface area contributed by atoms with Gasteiger partial charge in [-0.2, -0.15) is 4.79 Å². The number of rotatable bonds is 12. The third-order valence-electron chi connectivity index (χ3n) is 3.36. The van der Waals surface area contributed by atoms with E-state index in [1.54, 1.807) is 19.0 Å². The monoisotopic (exact) mass is 368 g/mol. The maximum absolute atomic E-state index is 12.5. The molecule has 0 bridgehead atoms. The fourth-order valence-corrected chi connectivity index (χ4v) is 2.20. The van der Waals surface area contributed by atoms with Crippen LogP contribution in [0.4, 0.5) is 0 Å². The lowest BCUT2D eigenvalue weighted by Crippen LogP contribution is -2.54. The van der Waals surface area contributed by atoms with Crippen molar-refractivity contribution in [3.8, 4) is 0 Å². The van der Waals surface area contributed by atoms with Gasteiger partial charge in [0.2, 0.25) is 23.5 Å². The minimum absolute atomic E-state index is 0.0357. The summed E-state index contributed by atoms with van der Waals surface area (Å²) in [6.07, 6.45) is 0.932. The number of nitrogens with one attached hydrogen (secondary N) is 2. The molecule has 10 heteroatoms. The van der Waals surface area contributed by atoms with E-state index < -0.39 is 29.7 Å². The molecule has 0 fully saturated rings. The molecular weight excluding hydrogens is 340 g/mol. The number of nitrogens with zero attached hydrogens (tertiary/aromatic N) is 3. The molecule has 0 saturated carbocycles. The molecule has 4 N–H and O–H groups in total. The van der Waals surface area contributed by atoms with Crippen LogP contribution in [-0.4, -0.2) is 72.1 Å². The van der Waals surface area contributed by atoms with Gasteiger partial charge in [0.05, 0.1) is 6.54 Å². The Morgan fingerprint density at radius 1 is 1.15 bits per heavy atom. The van der Waals surface area contributed by atoms with Crippen LogP contribution in [0.25, 0.3) is 5.53 Å². The average molecular weight is 368 g/mol. The number of primary amides is 1. The highest BCUT2D eigenvalue weighted by Gasteiger charge is 2.26. The number of nitrogens with two attached hydrogens (primary N) is 1. The number of hydrogen-bond donors (Lipinski definition) is 3. The van der Waals surface area contributed by atoms with Crippen LogP contribution in [0.15, 0.2) is 0 Å². The van der Waals surface area contributed by atoms with Crippen molar-refractivity contribution >= 4 is 29.7 Å². The van der Waals surface area contributed by atoms with Gasteiger partial charge in [0.1, 0.15) is 12.1 Å². The van der Waals surface area contributed by atoms with Gasteiger partial charge in [-0.1, -0.05) is 13.8 Å².